The van der Waals surface area contributed by atoms with Crippen molar-refractivity contribution in [2.45, 2.75) is 63.5 Å². The molecule has 4 heteroatoms. The molecule has 2 saturated heterocycles. The van der Waals surface area contributed by atoms with Gasteiger partial charge >= 0.3 is 0 Å². The third-order valence-corrected chi connectivity index (χ3v) is 13.2. The number of nitrogens with zero attached hydrogens (tertiary/aromatic N) is 1. The fourth-order valence-electron chi connectivity index (χ4n) is 4.77. The van der Waals surface area contributed by atoms with Crippen LogP contribution in [-0.4, -0.2) is 36.6 Å². The Bertz CT molecular complexity index is 721. The van der Waals surface area contributed by atoms with Crippen molar-refractivity contribution >= 4 is 26.7 Å². The minimum absolute atomic E-state index is 0.226. The molecule has 0 bridgehead atoms. The van der Waals surface area contributed by atoms with Gasteiger partial charge in [-0.05, 0) is 18.9 Å². The van der Waals surface area contributed by atoms with Crippen LogP contribution in [0, 0.1) is 0 Å². The molecule has 0 aliphatic carbocycles. The van der Waals surface area contributed by atoms with Crippen molar-refractivity contribution in [3.05, 3.63) is 60.7 Å². The Hall–Kier alpha value is -0.993. The van der Waals surface area contributed by atoms with Crippen molar-refractivity contribution in [2.24, 2.45) is 0 Å². The molecule has 2 aromatic rings. The molecule has 0 radical (unpaired) electrons. The second-order valence-electron chi connectivity index (χ2n) is 9.23. The molecular weight excluding hydrogens is 365 g/mol. The third kappa shape index (κ3) is 3.68. The standard InChI is InChI=1S/C23H32NOPSi/c1-23(2,3)26-24-17-11-16-21(24)22(25-26)18-27(4,19-12-7-5-8-13-19)20-14-9-6-10-15-20/h5-10,12-15,21-22H,11,16-18H2,1-4H3/t21-,22+,26?/m1/s1. The monoisotopic (exact) mass is 397 g/mol. The molecule has 0 amide bonds. The lowest BCUT2D eigenvalue weighted by molar-refractivity contribution is 0.227. The molecule has 2 fully saturated rings. The molecule has 0 aromatic heterocycles. The summed E-state index contributed by atoms with van der Waals surface area (Å²) in [5.41, 5.74) is 0. The summed E-state index contributed by atoms with van der Waals surface area (Å²) in [6.45, 7) is 10.8. The van der Waals surface area contributed by atoms with E-state index in [1.54, 1.807) is 0 Å². The first kappa shape index (κ1) is 19.3. The van der Waals surface area contributed by atoms with Crippen LogP contribution < -0.4 is 10.4 Å². The second-order valence-corrected chi connectivity index (χ2v) is 16.1. The van der Waals surface area contributed by atoms with E-state index in [9.17, 15) is 0 Å². The first-order chi connectivity index (χ1) is 12.9. The Labute approximate surface area is 166 Å². The van der Waals surface area contributed by atoms with Crippen LogP contribution in [0.4, 0.5) is 0 Å². The number of benzene rings is 2. The number of hydrogen-bond acceptors (Lipinski definition) is 2. The van der Waals surface area contributed by atoms with Crippen molar-refractivity contribution in [3.63, 3.8) is 0 Å². The summed E-state index contributed by atoms with van der Waals surface area (Å²) >= 11 is 0. The van der Waals surface area contributed by atoms with E-state index in [2.05, 4.69) is 92.7 Å². The van der Waals surface area contributed by atoms with Gasteiger partial charge in [-0.3, -0.25) is 4.67 Å². The van der Waals surface area contributed by atoms with Gasteiger partial charge in [0.2, 0.25) is 0 Å². The SMILES string of the molecule is CC(C)(C)P1O[C@@H](C[Si](C)(c2ccccc2)c2ccccc2)[C@H]2CCCN21. The summed E-state index contributed by atoms with van der Waals surface area (Å²) in [7, 11) is -2.36. The van der Waals surface area contributed by atoms with Crippen LogP contribution in [-0.2, 0) is 4.52 Å². The summed E-state index contributed by atoms with van der Waals surface area (Å²) in [5.74, 6) is 0. The van der Waals surface area contributed by atoms with Crippen LogP contribution in [0.1, 0.15) is 33.6 Å². The normalized spacial score (nSPS) is 26.3. The first-order valence-electron chi connectivity index (χ1n) is 10.2. The summed E-state index contributed by atoms with van der Waals surface area (Å²) in [5, 5.41) is 3.28. The molecule has 2 aromatic carbocycles. The van der Waals surface area contributed by atoms with Gasteiger partial charge in [-0.15, -0.1) is 0 Å². The van der Waals surface area contributed by atoms with E-state index in [4.69, 9.17) is 4.52 Å². The van der Waals surface area contributed by atoms with Crippen molar-refractivity contribution in [3.8, 4) is 0 Å². The summed E-state index contributed by atoms with van der Waals surface area (Å²) in [4.78, 5) is 0. The minimum atomic E-state index is -1.86. The van der Waals surface area contributed by atoms with Crippen LogP contribution in [0.15, 0.2) is 60.7 Å². The van der Waals surface area contributed by atoms with Crippen LogP contribution in [0.2, 0.25) is 12.6 Å². The van der Waals surface area contributed by atoms with E-state index < -0.39 is 16.4 Å². The number of fused-ring (bicyclic) bond motifs is 1. The van der Waals surface area contributed by atoms with E-state index in [1.807, 2.05) is 0 Å². The zero-order chi connectivity index (χ0) is 19.1. The van der Waals surface area contributed by atoms with Crippen LogP contribution >= 0.6 is 8.30 Å². The Morgan fingerprint density at radius 1 is 1.00 bits per heavy atom. The molecule has 0 spiro atoms. The number of hydrogen-bond donors (Lipinski definition) is 0. The maximum absolute atomic E-state index is 6.86. The number of rotatable bonds is 4. The molecule has 4 rings (SSSR count). The predicted octanol–water partition coefficient (Wildman–Crippen LogP) is 4.85. The largest absolute Gasteiger partial charge is 0.338 e. The summed E-state index contributed by atoms with van der Waals surface area (Å²) < 4.78 is 9.58. The quantitative estimate of drug-likeness (QED) is 0.540. The Balaban J connectivity index is 1.69. The molecule has 1 unspecified atom stereocenters. The molecule has 27 heavy (non-hydrogen) atoms. The fraction of sp³-hybridized carbons (Fsp3) is 0.478. The van der Waals surface area contributed by atoms with Crippen LogP contribution in [0.3, 0.4) is 0 Å². The Morgan fingerprint density at radius 3 is 2.07 bits per heavy atom. The van der Waals surface area contributed by atoms with Gasteiger partial charge in [-0.1, -0.05) is 98.4 Å². The van der Waals surface area contributed by atoms with Crippen molar-refractivity contribution in [2.75, 3.05) is 6.54 Å². The summed E-state index contributed by atoms with van der Waals surface area (Å²) in [6.07, 6.45) is 3.00. The van der Waals surface area contributed by atoms with E-state index >= 15 is 0 Å². The molecule has 0 saturated carbocycles. The highest BCUT2D eigenvalue weighted by molar-refractivity contribution is 7.52. The van der Waals surface area contributed by atoms with Gasteiger partial charge in [0.1, 0.15) is 16.4 Å². The van der Waals surface area contributed by atoms with Gasteiger partial charge in [0.15, 0.2) is 0 Å². The zero-order valence-electron chi connectivity index (χ0n) is 17.1. The molecular formula is C23H32NOPSi. The Morgan fingerprint density at radius 2 is 1.56 bits per heavy atom. The average molecular weight is 398 g/mol. The van der Waals surface area contributed by atoms with Gasteiger partial charge in [-0.2, -0.15) is 0 Å². The lowest BCUT2D eigenvalue weighted by atomic mass is 10.1. The maximum atomic E-state index is 6.86. The lowest BCUT2D eigenvalue weighted by Crippen LogP contribution is -2.58. The van der Waals surface area contributed by atoms with Gasteiger partial charge in [0.25, 0.3) is 0 Å². The van der Waals surface area contributed by atoms with Crippen LogP contribution in [0.25, 0.3) is 0 Å². The van der Waals surface area contributed by atoms with E-state index in [0.717, 1.165) is 0 Å². The zero-order valence-corrected chi connectivity index (χ0v) is 19.0. The molecule has 144 valence electrons. The van der Waals surface area contributed by atoms with E-state index in [1.165, 1.54) is 35.8 Å². The van der Waals surface area contributed by atoms with Gasteiger partial charge < -0.3 is 4.52 Å². The molecule has 2 aliphatic rings. The highest BCUT2D eigenvalue weighted by Gasteiger charge is 2.51. The highest BCUT2D eigenvalue weighted by Crippen LogP contribution is 2.63. The van der Waals surface area contributed by atoms with Gasteiger partial charge in [0, 0.05) is 17.7 Å². The van der Waals surface area contributed by atoms with Crippen LogP contribution in [0.5, 0.6) is 0 Å². The van der Waals surface area contributed by atoms with Crippen molar-refractivity contribution in [1.29, 1.82) is 0 Å². The smallest absolute Gasteiger partial charge is 0.117 e. The van der Waals surface area contributed by atoms with Gasteiger partial charge in [0.05, 0.1) is 6.10 Å². The lowest BCUT2D eigenvalue weighted by Gasteiger charge is -2.33. The predicted molar refractivity (Wildman–Crippen MR) is 120 cm³/mol. The van der Waals surface area contributed by atoms with E-state index in [0.29, 0.717) is 12.1 Å². The van der Waals surface area contributed by atoms with Crippen molar-refractivity contribution in [1.82, 2.24) is 4.67 Å². The highest BCUT2D eigenvalue weighted by atomic mass is 31.2. The summed E-state index contributed by atoms with van der Waals surface area (Å²) in [6, 6.07) is 24.2. The first-order valence-corrected chi connectivity index (χ1v) is 14.2. The van der Waals surface area contributed by atoms with Crippen molar-refractivity contribution < 1.29 is 4.52 Å². The topological polar surface area (TPSA) is 12.5 Å². The minimum Gasteiger partial charge on any atom is -0.338 e. The molecule has 2 heterocycles. The second kappa shape index (κ2) is 7.44. The Kier molecular flexibility index (Phi) is 5.33. The van der Waals surface area contributed by atoms with E-state index in [-0.39, 0.29) is 5.16 Å². The molecule has 0 N–H and O–H groups in total. The molecule has 3 atom stereocenters. The maximum Gasteiger partial charge on any atom is 0.117 e. The molecule has 2 aliphatic heterocycles. The fourth-order valence-corrected chi connectivity index (χ4v) is 11.3. The third-order valence-electron chi connectivity index (χ3n) is 6.17. The van der Waals surface area contributed by atoms with Gasteiger partial charge in [-0.25, -0.2) is 0 Å². The molecule has 2 nitrogen and oxygen atoms in total. The average Bonchev–Trinajstić information content (AvgIpc) is 3.26.